The van der Waals surface area contributed by atoms with Crippen molar-refractivity contribution < 1.29 is 0 Å². The van der Waals surface area contributed by atoms with Crippen molar-refractivity contribution in [1.82, 2.24) is 4.90 Å². The summed E-state index contributed by atoms with van der Waals surface area (Å²) in [6.07, 6.45) is 9.16. The van der Waals surface area contributed by atoms with Crippen LogP contribution in [0.4, 0.5) is 0 Å². The summed E-state index contributed by atoms with van der Waals surface area (Å²) in [6, 6.07) is 8.74. The van der Waals surface area contributed by atoms with Gasteiger partial charge in [0.1, 0.15) is 0 Å². The van der Waals surface area contributed by atoms with Crippen LogP contribution in [0.5, 0.6) is 0 Å². The van der Waals surface area contributed by atoms with Crippen LogP contribution in [0.3, 0.4) is 0 Å². The number of fused-ring (bicyclic) bond motifs is 1. The largest absolute Gasteiger partial charge is 0.371 e. The summed E-state index contributed by atoms with van der Waals surface area (Å²) < 4.78 is 0. The molecule has 18 heavy (non-hydrogen) atoms. The normalized spacial score (nSPS) is 17.3. The molecule has 2 heteroatoms. The Morgan fingerprint density at radius 1 is 1.17 bits per heavy atom. The Hall–Kier alpha value is -2.01. The Morgan fingerprint density at radius 2 is 1.94 bits per heavy atom. The molecule has 1 aliphatic carbocycles. The zero-order valence-corrected chi connectivity index (χ0v) is 10.4. The molecular weight excluding hydrogens is 220 g/mol. The van der Waals surface area contributed by atoms with Crippen LogP contribution in [0.25, 0.3) is 0 Å². The van der Waals surface area contributed by atoms with Crippen LogP contribution in [0, 0.1) is 11.3 Å². The minimum atomic E-state index is 0.519. The summed E-state index contributed by atoms with van der Waals surface area (Å²) in [5.74, 6) is 0. The van der Waals surface area contributed by atoms with Crippen molar-refractivity contribution in [3.8, 4) is 6.07 Å². The second-order valence-corrected chi connectivity index (χ2v) is 4.88. The van der Waals surface area contributed by atoms with Crippen molar-refractivity contribution >= 4 is 0 Å². The number of hydrogen-bond acceptors (Lipinski definition) is 2. The number of rotatable bonds is 2. The number of nitrogens with zero attached hydrogens (tertiary/aromatic N) is 2. The highest BCUT2D eigenvalue weighted by molar-refractivity contribution is 5.37. The van der Waals surface area contributed by atoms with Crippen molar-refractivity contribution in [1.29, 1.82) is 5.26 Å². The Balaban J connectivity index is 1.78. The van der Waals surface area contributed by atoms with Crippen molar-refractivity contribution in [2.45, 2.75) is 19.3 Å². The summed E-state index contributed by atoms with van der Waals surface area (Å²) in [5.41, 5.74) is 5.38. The van der Waals surface area contributed by atoms with Gasteiger partial charge in [-0.15, -0.1) is 0 Å². The van der Waals surface area contributed by atoms with E-state index in [0.29, 0.717) is 6.42 Å². The maximum Gasteiger partial charge on any atom is 0.0669 e. The van der Waals surface area contributed by atoms with Crippen LogP contribution in [0.2, 0.25) is 0 Å². The van der Waals surface area contributed by atoms with E-state index in [-0.39, 0.29) is 0 Å². The first-order chi connectivity index (χ1) is 8.86. The fourth-order valence-electron chi connectivity index (χ4n) is 2.63. The van der Waals surface area contributed by atoms with E-state index in [2.05, 4.69) is 47.4 Å². The fraction of sp³-hybridized carbons (Fsp3) is 0.312. The SMILES string of the molecule is N#CCc1ccc2c(c1)CCN(C1=CC=C1)CC2. The number of nitriles is 1. The molecule has 2 aliphatic rings. The summed E-state index contributed by atoms with van der Waals surface area (Å²) in [4.78, 5) is 2.45. The number of benzene rings is 1. The molecule has 1 aromatic rings. The zero-order valence-electron chi connectivity index (χ0n) is 10.4. The molecule has 0 radical (unpaired) electrons. The molecule has 0 saturated carbocycles. The third-order valence-corrected chi connectivity index (χ3v) is 3.76. The first kappa shape index (κ1) is 11.1. The van der Waals surface area contributed by atoms with Crippen LogP contribution in [-0.4, -0.2) is 18.0 Å². The number of allylic oxidation sites excluding steroid dienone is 3. The maximum atomic E-state index is 8.76. The van der Waals surface area contributed by atoms with Gasteiger partial charge in [0.05, 0.1) is 12.5 Å². The standard InChI is InChI=1S/C16H16N2/c17-9-6-13-4-5-14-7-10-18(16-2-1-3-16)11-8-15(14)12-13/h1-5,12H,6-8,10-11H2. The third kappa shape index (κ3) is 2.04. The van der Waals surface area contributed by atoms with Gasteiger partial charge in [-0.1, -0.05) is 24.3 Å². The Bertz CT molecular complexity index is 561. The molecular formula is C16H16N2. The summed E-state index contributed by atoms with van der Waals surface area (Å²) in [6.45, 7) is 2.18. The summed E-state index contributed by atoms with van der Waals surface area (Å²) in [7, 11) is 0. The zero-order chi connectivity index (χ0) is 12.4. The topological polar surface area (TPSA) is 27.0 Å². The molecule has 3 rings (SSSR count). The Labute approximate surface area is 108 Å². The van der Waals surface area contributed by atoms with Gasteiger partial charge in [0.2, 0.25) is 0 Å². The molecule has 0 spiro atoms. The van der Waals surface area contributed by atoms with Crippen LogP contribution >= 0.6 is 0 Å². The van der Waals surface area contributed by atoms with Crippen LogP contribution < -0.4 is 0 Å². The first-order valence-corrected chi connectivity index (χ1v) is 6.48. The van der Waals surface area contributed by atoms with E-state index in [0.717, 1.165) is 31.5 Å². The predicted octanol–water partition coefficient (Wildman–Crippen LogP) is 2.61. The summed E-state index contributed by atoms with van der Waals surface area (Å²) >= 11 is 0. The van der Waals surface area contributed by atoms with Crippen molar-refractivity contribution in [2.75, 3.05) is 13.1 Å². The molecule has 0 unspecified atom stereocenters. The Morgan fingerprint density at radius 3 is 2.61 bits per heavy atom. The second-order valence-electron chi connectivity index (χ2n) is 4.88. The first-order valence-electron chi connectivity index (χ1n) is 6.48. The van der Waals surface area contributed by atoms with Gasteiger partial charge in [-0.3, -0.25) is 0 Å². The monoisotopic (exact) mass is 236 g/mol. The molecule has 0 bridgehead atoms. The lowest BCUT2D eigenvalue weighted by atomic mass is 9.99. The van der Waals surface area contributed by atoms with Gasteiger partial charge < -0.3 is 4.90 Å². The molecule has 0 fully saturated rings. The lowest BCUT2D eigenvalue weighted by Gasteiger charge is -2.26. The fourth-order valence-corrected chi connectivity index (χ4v) is 2.63. The van der Waals surface area contributed by atoms with Crippen molar-refractivity contribution in [3.63, 3.8) is 0 Å². The molecule has 0 aromatic heterocycles. The molecule has 1 aliphatic heterocycles. The van der Waals surface area contributed by atoms with E-state index >= 15 is 0 Å². The highest BCUT2D eigenvalue weighted by Gasteiger charge is 2.16. The molecule has 0 N–H and O–H groups in total. The van der Waals surface area contributed by atoms with Crippen molar-refractivity contribution in [3.05, 3.63) is 58.8 Å². The lowest BCUT2D eigenvalue weighted by Crippen LogP contribution is -2.26. The summed E-state index contributed by atoms with van der Waals surface area (Å²) in [5, 5.41) is 8.76. The second kappa shape index (κ2) is 4.70. The molecule has 0 amide bonds. The number of hydrogen-bond donors (Lipinski definition) is 0. The highest BCUT2D eigenvalue weighted by atomic mass is 15.1. The van der Waals surface area contributed by atoms with Gasteiger partial charge in [-0.2, -0.15) is 5.26 Å². The van der Waals surface area contributed by atoms with E-state index in [9.17, 15) is 0 Å². The third-order valence-electron chi connectivity index (χ3n) is 3.76. The van der Waals surface area contributed by atoms with Gasteiger partial charge in [0.25, 0.3) is 0 Å². The van der Waals surface area contributed by atoms with E-state index in [4.69, 9.17) is 5.26 Å². The smallest absolute Gasteiger partial charge is 0.0669 e. The molecule has 2 nitrogen and oxygen atoms in total. The Kier molecular flexibility index (Phi) is 2.90. The lowest BCUT2D eigenvalue weighted by molar-refractivity contribution is 0.370. The minimum Gasteiger partial charge on any atom is -0.371 e. The van der Waals surface area contributed by atoms with Crippen LogP contribution in [-0.2, 0) is 19.3 Å². The maximum absolute atomic E-state index is 8.76. The molecule has 0 saturated heterocycles. The molecule has 1 heterocycles. The van der Waals surface area contributed by atoms with E-state index in [1.165, 1.54) is 16.8 Å². The van der Waals surface area contributed by atoms with Gasteiger partial charge in [-0.25, -0.2) is 0 Å². The minimum absolute atomic E-state index is 0.519. The van der Waals surface area contributed by atoms with E-state index in [1.807, 2.05) is 0 Å². The average Bonchev–Trinajstić information content (AvgIpc) is 2.51. The van der Waals surface area contributed by atoms with Crippen LogP contribution in [0.15, 0.2) is 42.1 Å². The molecule has 90 valence electrons. The highest BCUT2D eigenvalue weighted by Crippen LogP contribution is 2.22. The van der Waals surface area contributed by atoms with Gasteiger partial charge in [0, 0.05) is 18.8 Å². The van der Waals surface area contributed by atoms with Gasteiger partial charge >= 0.3 is 0 Å². The quantitative estimate of drug-likeness (QED) is 0.789. The van der Waals surface area contributed by atoms with Crippen molar-refractivity contribution in [2.24, 2.45) is 0 Å². The van der Waals surface area contributed by atoms with Crippen LogP contribution in [0.1, 0.15) is 16.7 Å². The van der Waals surface area contributed by atoms with Gasteiger partial charge in [0.15, 0.2) is 0 Å². The molecule has 0 atom stereocenters. The van der Waals surface area contributed by atoms with Gasteiger partial charge in [-0.05, 0) is 41.7 Å². The molecule has 1 aromatic carbocycles. The predicted molar refractivity (Wildman–Crippen MR) is 72.0 cm³/mol. The van der Waals surface area contributed by atoms with E-state index < -0.39 is 0 Å². The average molecular weight is 236 g/mol. The van der Waals surface area contributed by atoms with E-state index in [1.54, 1.807) is 0 Å².